The Bertz CT molecular complexity index is 669. The summed E-state index contributed by atoms with van der Waals surface area (Å²) >= 11 is 3.09. The van der Waals surface area contributed by atoms with Gasteiger partial charge in [0.1, 0.15) is 12.2 Å². The molecular weight excluding hydrogens is 302 g/mol. The van der Waals surface area contributed by atoms with Crippen LogP contribution in [0.4, 0.5) is 0 Å². The van der Waals surface area contributed by atoms with Crippen molar-refractivity contribution < 1.29 is 0 Å². The number of hydrogen-bond acceptors (Lipinski definition) is 4. The Labute approximate surface area is 111 Å². The second kappa shape index (κ2) is 4.89. The fourth-order valence-corrected chi connectivity index (χ4v) is 1.92. The molecule has 2 aromatic heterocycles. The van der Waals surface area contributed by atoms with Gasteiger partial charge < -0.3 is 4.98 Å². The minimum atomic E-state index is -0.471. The van der Waals surface area contributed by atoms with E-state index in [2.05, 4.69) is 31.0 Å². The number of nitrogens with zero attached hydrogens (tertiary/aromatic N) is 4. The lowest BCUT2D eigenvalue weighted by molar-refractivity contribution is 0.490. The first-order chi connectivity index (χ1) is 8.50. The molecule has 2 aromatic rings. The summed E-state index contributed by atoms with van der Waals surface area (Å²) < 4.78 is 3.05. The first kappa shape index (κ1) is 12.7. The first-order valence-corrected chi connectivity index (χ1v) is 6.16. The van der Waals surface area contributed by atoms with Crippen LogP contribution in [0.3, 0.4) is 0 Å². The summed E-state index contributed by atoms with van der Waals surface area (Å²) in [6.07, 6.45) is 2.74. The topological polar surface area (TPSA) is 85.6 Å². The van der Waals surface area contributed by atoms with Gasteiger partial charge in [0, 0.05) is 12.2 Å². The van der Waals surface area contributed by atoms with Gasteiger partial charge >= 0.3 is 5.69 Å². The first-order valence-electron chi connectivity index (χ1n) is 5.37. The minimum absolute atomic E-state index is 0.0891. The Kier molecular flexibility index (Phi) is 3.46. The van der Waals surface area contributed by atoms with Gasteiger partial charge in [-0.3, -0.25) is 9.36 Å². The van der Waals surface area contributed by atoms with Gasteiger partial charge in [0.25, 0.3) is 5.56 Å². The van der Waals surface area contributed by atoms with E-state index >= 15 is 0 Å². The normalized spacial score (nSPS) is 11.1. The molecule has 0 radical (unpaired) electrons. The van der Waals surface area contributed by atoms with E-state index in [9.17, 15) is 9.59 Å². The molecule has 0 amide bonds. The van der Waals surface area contributed by atoms with Crippen LogP contribution in [0.1, 0.15) is 25.7 Å². The molecule has 0 aliphatic carbocycles. The summed E-state index contributed by atoms with van der Waals surface area (Å²) in [5.74, 6) is 0.565. The zero-order valence-electron chi connectivity index (χ0n) is 9.92. The molecule has 1 N–H and O–H groups in total. The Morgan fingerprint density at radius 1 is 1.44 bits per heavy atom. The van der Waals surface area contributed by atoms with Crippen LogP contribution in [0.5, 0.6) is 0 Å². The summed E-state index contributed by atoms with van der Waals surface area (Å²) in [5, 5.41) is 4.06. The molecule has 2 rings (SSSR count). The molecule has 0 saturated carbocycles. The third kappa shape index (κ3) is 2.28. The molecule has 0 aliphatic rings. The van der Waals surface area contributed by atoms with Gasteiger partial charge in [-0.2, -0.15) is 5.10 Å². The van der Waals surface area contributed by atoms with Crippen molar-refractivity contribution in [3.63, 3.8) is 0 Å². The van der Waals surface area contributed by atoms with Crippen molar-refractivity contribution in [3.05, 3.63) is 43.7 Å². The van der Waals surface area contributed by atoms with Crippen molar-refractivity contribution in [1.82, 2.24) is 24.3 Å². The molecule has 0 saturated heterocycles. The van der Waals surface area contributed by atoms with E-state index in [1.54, 1.807) is 4.68 Å². The molecule has 0 bridgehead atoms. The fourth-order valence-electron chi connectivity index (χ4n) is 1.59. The number of aromatic amines is 1. The van der Waals surface area contributed by atoms with E-state index in [0.29, 0.717) is 10.3 Å². The third-order valence-electron chi connectivity index (χ3n) is 2.45. The summed E-state index contributed by atoms with van der Waals surface area (Å²) in [6, 6.07) is 0.115. The highest BCUT2D eigenvalue weighted by Gasteiger charge is 2.12. The molecule has 0 unspecified atom stereocenters. The molecule has 7 nitrogen and oxygen atoms in total. The van der Waals surface area contributed by atoms with Gasteiger partial charge in [-0.05, 0) is 29.8 Å². The minimum Gasteiger partial charge on any atom is -0.313 e. The predicted octanol–water partition coefficient (Wildman–Crippen LogP) is 0.520. The van der Waals surface area contributed by atoms with Gasteiger partial charge in [0.2, 0.25) is 0 Å². The Morgan fingerprint density at radius 3 is 2.83 bits per heavy atom. The number of nitrogens with one attached hydrogen (secondary N) is 1. The van der Waals surface area contributed by atoms with Crippen molar-refractivity contribution in [2.45, 2.75) is 26.4 Å². The lowest BCUT2D eigenvalue weighted by Crippen LogP contribution is -2.36. The predicted molar refractivity (Wildman–Crippen MR) is 68.5 cm³/mol. The highest BCUT2D eigenvalue weighted by atomic mass is 79.9. The van der Waals surface area contributed by atoms with E-state index in [1.807, 2.05) is 13.8 Å². The molecule has 0 atom stereocenters. The third-order valence-corrected chi connectivity index (χ3v) is 3.02. The molecule has 18 heavy (non-hydrogen) atoms. The molecule has 8 heteroatoms. The average Bonchev–Trinajstić information content (AvgIpc) is 2.78. The summed E-state index contributed by atoms with van der Waals surface area (Å²) in [7, 11) is 0. The summed E-state index contributed by atoms with van der Waals surface area (Å²) in [4.78, 5) is 30.0. The lowest BCUT2D eigenvalue weighted by Gasteiger charge is -2.10. The second-order valence-corrected chi connectivity index (χ2v) is 4.90. The molecule has 0 spiro atoms. The van der Waals surface area contributed by atoms with Crippen molar-refractivity contribution in [2.24, 2.45) is 0 Å². The van der Waals surface area contributed by atoms with Crippen molar-refractivity contribution in [3.8, 4) is 0 Å². The molecule has 96 valence electrons. The van der Waals surface area contributed by atoms with Gasteiger partial charge in [0.15, 0.2) is 0 Å². The SMILES string of the molecule is CC(C)n1ncnc1Cn1c(=O)[nH]cc(Br)c1=O. The van der Waals surface area contributed by atoms with Crippen LogP contribution >= 0.6 is 15.9 Å². The van der Waals surface area contributed by atoms with Crippen LogP contribution in [0.2, 0.25) is 0 Å². The summed E-state index contributed by atoms with van der Waals surface area (Å²) in [6.45, 7) is 3.99. The quantitative estimate of drug-likeness (QED) is 0.895. The number of H-pyrrole nitrogens is 1. The zero-order valence-corrected chi connectivity index (χ0v) is 11.5. The zero-order chi connectivity index (χ0) is 13.3. The van der Waals surface area contributed by atoms with Gasteiger partial charge in [-0.1, -0.05) is 0 Å². The highest BCUT2D eigenvalue weighted by Crippen LogP contribution is 2.05. The maximum absolute atomic E-state index is 11.8. The Morgan fingerprint density at radius 2 is 2.17 bits per heavy atom. The van der Waals surface area contributed by atoms with E-state index in [1.165, 1.54) is 12.5 Å². The van der Waals surface area contributed by atoms with Crippen LogP contribution in [0.15, 0.2) is 26.6 Å². The maximum atomic E-state index is 11.8. The van der Waals surface area contributed by atoms with Crippen molar-refractivity contribution >= 4 is 15.9 Å². The van der Waals surface area contributed by atoms with E-state index in [0.717, 1.165) is 4.57 Å². The largest absolute Gasteiger partial charge is 0.328 e. The Hall–Kier alpha value is -1.70. The monoisotopic (exact) mass is 313 g/mol. The van der Waals surface area contributed by atoms with E-state index in [4.69, 9.17) is 0 Å². The van der Waals surface area contributed by atoms with Gasteiger partial charge in [-0.15, -0.1) is 0 Å². The van der Waals surface area contributed by atoms with Crippen LogP contribution in [-0.2, 0) is 6.54 Å². The molecule has 2 heterocycles. The molecular formula is C10H12BrN5O2. The average molecular weight is 314 g/mol. The smallest absolute Gasteiger partial charge is 0.313 e. The van der Waals surface area contributed by atoms with Crippen LogP contribution in [0.25, 0.3) is 0 Å². The Balaban J connectivity index is 2.47. The van der Waals surface area contributed by atoms with Crippen LogP contribution in [0, 0.1) is 0 Å². The number of rotatable bonds is 3. The maximum Gasteiger partial charge on any atom is 0.328 e. The van der Waals surface area contributed by atoms with Gasteiger partial charge in [0.05, 0.1) is 11.0 Å². The number of aromatic nitrogens is 5. The van der Waals surface area contributed by atoms with E-state index in [-0.39, 0.29) is 12.6 Å². The van der Waals surface area contributed by atoms with E-state index < -0.39 is 11.2 Å². The fraction of sp³-hybridized carbons (Fsp3) is 0.400. The molecule has 0 aromatic carbocycles. The van der Waals surface area contributed by atoms with Crippen LogP contribution in [-0.4, -0.2) is 24.3 Å². The highest BCUT2D eigenvalue weighted by molar-refractivity contribution is 9.10. The number of halogens is 1. The standard InChI is InChI=1S/C10H12BrN5O2/c1-6(2)16-8(13-5-14-16)4-15-9(17)7(11)3-12-10(15)18/h3,5-6H,4H2,1-2H3,(H,12,18). The van der Waals surface area contributed by atoms with Crippen molar-refractivity contribution in [2.75, 3.05) is 0 Å². The summed E-state index contributed by atoms with van der Waals surface area (Å²) in [5.41, 5.74) is -0.862. The molecule has 0 aliphatic heterocycles. The number of hydrogen-bond donors (Lipinski definition) is 1. The van der Waals surface area contributed by atoms with Crippen LogP contribution < -0.4 is 11.2 Å². The van der Waals surface area contributed by atoms with Crippen molar-refractivity contribution in [1.29, 1.82) is 0 Å². The van der Waals surface area contributed by atoms with Gasteiger partial charge in [-0.25, -0.2) is 14.5 Å². The molecule has 0 fully saturated rings. The second-order valence-electron chi connectivity index (χ2n) is 4.05. The lowest BCUT2D eigenvalue weighted by atomic mass is 10.4.